The molecular formula is C19H14N2O5. The van der Waals surface area contributed by atoms with Crippen LogP contribution in [0.4, 0.5) is 0 Å². The Kier molecular flexibility index (Phi) is 3.89. The van der Waals surface area contributed by atoms with Crippen LogP contribution >= 0.6 is 0 Å². The number of furan rings is 1. The third-order valence-corrected chi connectivity index (χ3v) is 3.89. The van der Waals surface area contributed by atoms with Crippen LogP contribution < -0.4 is 9.47 Å². The molecule has 2 heterocycles. The zero-order chi connectivity index (χ0) is 18.1. The Morgan fingerprint density at radius 2 is 1.81 bits per heavy atom. The number of hydrogen-bond acceptors (Lipinski definition) is 7. The maximum Gasteiger partial charge on any atom is 0.292 e. The Bertz CT molecular complexity index is 1100. The van der Waals surface area contributed by atoms with Gasteiger partial charge in [0.25, 0.3) is 11.7 Å². The van der Waals surface area contributed by atoms with Crippen molar-refractivity contribution in [1.82, 2.24) is 10.2 Å². The van der Waals surface area contributed by atoms with Crippen LogP contribution in [0.3, 0.4) is 0 Å². The molecule has 130 valence electrons. The van der Waals surface area contributed by atoms with Gasteiger partial charge >= 0.3 is 0 Å². The fourth-order valence-corrected chi connectivity index (χ4v) is 2.60. The highest BCUT2D eigenvalue weighted by Gasteiger charge is 2.22. The average Bonchev–Trinajstić information content (AvgIpc) is 3.34. The van der Waals surface area contributed by atoms with E-state index < -0.39 is 5.78 Å². The molecule has 26 heavy (non-hydrogen) atoms. The van der Waals surface area contributed by atoms with Crippen molar-refractivity contribution in [2.24, 2.45) is 0 Å². The van der Waals surface area contributed by atoms with E-state index in [1.807, 2.05) is 12.1 Å². The second-order valence-electron chi connectivity index (χ2n) is 5.46. The van der Waals surface area contributed by atoms with E-state index in [4.69, 9.17) is 18.3 Å². The molecule has 0 bridgehead atoms. The van der Waals surface area contributed by atoms with Gasteiger partial charge in [0, 0.05) is 10.9 Å². The number of aromatic nitrogens is 2. The van der Waals surface area contributed by atoms with Gasteiger partial charge in [0.1, 0.15) is 5.75 Å². The average molecular weight is 350 g/mol. The second-order valence-corrected chi connectivity index (χ2v) is 5.46. The van der Waals surface area contributed by atoms with Crippen molar-refractivity contribution < 1.29 is 23.1 Å². The number of benzene rings is 2. The van der Waals surface area contributed by atoms with Gasteiger partial charge < -0.3 is 18.3 Å². The Hall–Kier alpha value is -3.61. The third kappa shape index (κ3) is 2.69. The summed E-state index contributed by atoms with van der Waals surface area (Å²) in [5, 5.41) is 8.53. The fourth-order valence-electron chi connectivity index (χ4n) is 2.60. The Morgan fingerprint density at radius 1 is 0.962 bits per heavy atom. The molecule has 4 rings (SSSR count). The minimum atomic E-state index is -0.495. The van der Waals surface area contributed by atoms with Gasteiger partial charge in [-0.25, -0.2) is 0 Å². The van der Waals surface area contributed by atoms with Crippen molar-refractivity contribution in [3.8, 4) is 23.0 Å². The van der Waals surface area contributed by atoms with Crippen LogP contribution in [0.2, 0.25) is 0 Å². The molecule has 0 saturated heterocycles. The minimum absolute atomic E-state index is 0.102. The summed E-state index contributed by atoms with van der Waals surface area (Å²) < 4.78 is 21.6. The number of methoxy groups -OCH3 is 2. The Balaban J connectivity index is 1.68. The molecule has 7 nitrogen and oxygen atoms in total. The van der Waals surface area contributed by atoms with E-state index in [1.165, 1.54) is 7.11 Å². The fraction of sp³-hybridized carbons (Fsp3) is 0.105. The van der Waals surface area contributed by atoms with Gasteiger partial charge in [-0.15, -0.1) is 10.2 Å². The molecule has 0 spiro atoms. The summed E-state index contributed by atoms with van der Waals surface area (Å²) in [7, 11) is 3.11. The zero-order valence-corrected chi connectivity index (χ0v) is 14.1. The number of nitrogens with zero attached hydrogens (tertiary/aromatic N) is 2. The SMILES string of the molecule is COc1cccc(-c2nnc(C(=O)c3cc4cccc(OC)c4o3)o2)c1. The number of hydrogen-bond donors (Lipinski definition) is 0. The summed E-state index contributed by atoms with van der Waals surface area (Å²) in [6, 6.07) is 14.2. The predicted octanol–water partition coefficient (Wildman–Crippen LogP) is 3.73. The lowest BCUT2D eigenvalue weighted by Gasteiger charge is -2.00. The van der Waals surface area contributed by atoms with Crippen LogP contribution in [-0.4, -0.2) is 30.2 Å². The van der Waals surface area contributed by atoms with Crippen LogP contribution in [0.15, 0.2) is 57.4 Å². The molecule has 7 heteroatoms. The molecule has 0 fully saturated rings. The van der Waals surface area contributed by atoms with Gasteiger partial charge in [0.2, 0.25) is 5.89 Å². The van der Waals surface area contributed by atoms with Crippen molar-refractivity contribution in [3.05, 3.63) is 60.2 Å². The van der Waals surface area contributed by atoms with E-state index in [9.17, 15) is 4.79 Å². The number of carbonyl (C=O) groups is 1. The molecule has 0 aliphatic carbocycles. The van der Waals surface area contributed by atoms with Gasteiger partial charge in [0.05, 0.1) is 14.2 Å². The Labute approximate surface area is 148 Å². The lowest BCUT2D eigenvalue weighted by atomic mass is 10.2. The van der Waals surface area contributed by atoms with Crippen molar-refractivity contribution >= 4 is 16.8 Å². The van der Waals surface area contributed by atoms with Crippen LogP contribution in [0.25, 0.3) is 22.4 Å². The van der Waals surface area contributed by atoms with Gasteiger partial charge in [-0.2, -0.15) is 0 Å². The van der Waals surface area contributed by atoms with Crippen molar-refractivity contribution in [3.63, 3.8) is 0 Å². The first-order valence-corrected chi connectivity index (χ1v) is 7.79. The summed E-state index contributed by atoms with van der Waals surface area (Å²) in [5.41, 5.74) is 1.15. The molecule has 2 aromatic carbocycles. The number of carbonyl (C=O) groups excluding carboxylic acids is 1. The van der Waals surface area contributed by atoms with Crippen LogP contribution in [0.1, 0.15) is 16.4 Å². The molecular weight excluding hydrogens is 336 g/mol. The van der Waals surface area contributed by atoms with E-state index >= 15 is 0 Å². The lowest BCUT2D eigenvalue weighted by Crippen LogP contribution is -1.99. The van der Waals surface area contributed by atoms with E-state index in [0.717, 1.165) is 5.39 Å². The molecule has 0 unspecified atom stereocenters. The van der Waals surface area contributed by atoms with Gasteiger partial charge in [-0.3, -0.25) is 4.79 Å². The maximum absolute atomic E-state index is 12.6. The molecule has 0 radical (unpaired) electrons. The summed E-state index contributed by atoms with van der Waals surface area (Å²) in [4.78, 5) is 12.6. The number of fused-ring (bicyclic) bond motifs is 1. The highest BCUT2D eigenvalue weighted by atomic mass is 16.5. The molecule has 0 aliphatic heterocycles. The van der Waals surface area contributed by atoms with Crippen LogP contribution in [0, 0.1) is 0 Å². The van der Waals surface area contributed by atoms with Crippen molar-refractivity contribution in [1.29, 1.82) is 0 Å². The van der Waals surface area contributed by atoms with E-state index in [1.54, 1.807) is 43.5 Å². The van der Waals surface area contributed by atoms with Crippen molar-refractivity contribution in [2.75, 3.05) is 14.2 Å². The number of ether oxygens (including phenoxy) is 2. The summed E-state index contributed by atoms with van der Waals surface area (Å²) in [6.45, 7) is 0. The highest BCUT2D eigenvalue weighted by molar-refractivity contribution is 6.06. The number of rotatable bonds is 5. The molecule has 0 amide bonds. The molecule has 2 aromatic heterocycles. The topological polar surface area (TPSA) is 87.6 Å². The standard InChI is InChI=1S/C19H14N2O5/c1-23-13-7-3-6-12(9-13)18-20-21-19(26-18)16(22)15-10-11-5-4-8-14(24-2)17(11)25-15/h3-10H,1-2H3. The molecule has 0 atom stereocenters. The third-order valence-electron chi connectivity index (χ3n) is 3.89. The first-order valence-electron chi connectivity index (χ1n) is 7.79. The molecule has 0 aliphatic rings. The van der Waals surface area contributed by atoms with Crippen LogP contribution in [-0.2, 0) is 0 Å². The van der Waals surface area contributed by atoms with Gasteiger partial charge in [-0.05, 0) is 30.3 Å². The first kappa shape index (κ1) is 15.9. The van der Waals surface area contributed by atoms with Crippen LogP contribution in [0.5, 0.6) is 11.5 Å². The largest absolute Gasteiger partial charge is 0.497 e. The van der Waals surface area contributed by atoms with Crippen molar-refractivity contribution in [2.45, 2.75) is 0 Å². The summed E-state index contributed by atoms with van der Waals surface area (Å²) >= 11 is 0. The van der Waals surface area contributed by atoms with E-state index in [2.05, 4.69) is 10.2 Å². The van der Waals surface area contributed by atoms with E-state index in [0.29, 0.717) is 22.6 Å². The maximum atomic E-state index is 12.6. The minimum Gasteiger partial charge on any atom is -0.497 e. The molecule has 4 aromatic rings. The lowest BCUT2D eigenvalue weighted by molar-refractivity contribution is 0.0979. The molecule has 0 saturated carbocycles. The highest BCUT2D eigenvalue weighted by Crippen LogP contribution is 2.30. The smallest absolute Gasteiger partial charge is 0.292 e. The summed E-state index contributed by atoms with van der Waals surface area (Å²) in [6.07, 6.45) is 0. The summed E-state index contributed by atoms with van der Waals surface area (Å²) in [5.74, 6) is 0.874. The normalized spacial score (nSPS) is 10.8. The predicted molar refractivity (Wildman–Crippen MR) is 92.5 cm³/mol. The Morgan fingerprint density at radius 3 is 2.62 bits per heavy atom. The molecule has 0 N–H and O–H groups in total. The monoisotopic (exact) mass is 350 g/mol. The van der Waals surface area contributed by atoms with Gasteiger partial charge in [-0.1, -0.05) is 18.2 Å². The van der Waals surface area contributed by atoms with Gasteiger partial charge in [0.15, 0.2) is 17.1 Å². The quantitative estimate of drug-likeness (QED) is 0.507. The van der Waals surface area contributed by atoms with E-state index in [-0.39, 0.29) is 17.5 Å². The zero-order valence-electron chi connectivity index (χ0n) is 14.1. The number of ketones is 1. The number of para-hydroxylation sites is 1. The first-order chi connectivity index (χ1) is 12.7. The second kappa shape index (κ2) is 6.36.